The van der Waals surface area contributed by atoms with Crippen LogP contribution in [0.15, 0.2) is 36.4 Å². The lowest BCUT2D eigenvalue weighted by molar-refractivity contribution is 0.475. The summed E-state index contributed by atoms with van der Waals surface area (Å²) in [6, 6.07) is 9.65. The standard InChI is InChI=1S/C16H16Cl2FNO/c1-10(15-13(17)6-7-14(19)16(15)18)20-9-8-11-2-4-12(21)5-3-11/h2-7,10,20-21H,8-9H2,1H3. The summed E-state index contributed by atoms with van der Waals surface area (Å²) < 4.78 is 13.5. The Labute approximate surface area is 133 Å². The first kappa shape index (κ1) is 16.1. The van der Waals surface area contributed by atoms with Gasteiger partial charge in [-0.25, -0.2) is 4.39 Å². The molecule has 0 saturated heterocycles. The Morgan fingerprint density at radius 3 is 2.48 bits per heavy atom. The predicted molar refractivity (Wildman–Crippen MR) is 84.6 cm³/mol. The second kappa shape index (κ2) is 7.12. The summed E-state index contributed by atoms with van der Waals surface area (Å²) in [6.07, 6.45) is 0.787. The van der Waals surface area contributed by atoms with Crippen LogP contribution in [0.25, 0.3) is 0 Å². The highest BCUT2D eigenvalue weighted by atomic mass is 35.5. The third-order valence-electron chi connectivity index (χ3n) is 3.31. The molecular weight excluding hydrogens is 312 g/mol. The molecule has 0 bridgehead atoms. The largest absolute Gasteiger partial charge is 0.508 e. The van der Waals surface area contributed by atoms with Gasteiger partial charge in [-0.05, 0) is 49.7 Å². The van der Waals surface area contributed by atoms with Gasteiger partial charge in [0.25, 0.3) is 0 Å². The molecule has 0 fully saturated rings. The molecule has 0 aliphatic carbocycles. The monoisotopic (exact) mass is 327 g/mol. The summed E-state index contributed by atoms with van der Waals surface area (Å²) in [6.45, 7) is 2.58. The number of hydrogen-bond acceptors (Lipinski definition) is 2. The van der Waals surface area contributed by atoms with Crippen LogP contribution >= 0.6 is 23.2 Å². The van der Waals surface area contributed by atoms with Crippen molar-refractivity contribution in [2.45, 2.75) is 19.4 Å². The van der Waals surface area contributed by atoms with Crippen molar-refractivity contribution in [3.63, 3.8) is 0 Å². The van der Waals surface area contributed by atoms with Crippen LogP contribution in [0.5, 0.6) is 5.75 Å². The number of halogens is 3. The summed E-state index contributed by atoms with van der Waals surface area (Å²) in [4.78, 5) is 0. The average Bonchev–Trinajstić information content (AvgIpc) is 2.45. The van der Waals surface area contributed by atoms with Gasteiger partial charge in [0, 0.05) is 16.6 Å². The summed E-state index contributed by atoms with van der Waals surface area (Å²) in [5.41, 5.74) is 1.67. The lowest BCUT2D eigenvalue weighted by atomic mass is 10.1. The molecule has 1 atom stereocenters. The number of aromatic hydroxyl groups is 1. The minimum absolute atomic E-state index is 0.0622. The van der Waals surface area contributed by atoms with Gasteiger partial charge in [0.15, 0.2) is 0 Å². The van der Waals surface area contributed by atoms with Gasteiger partial charge in [-0.3, -0.25) is 0 Å². The van der Waals surface area contributed by atoms with Gasteiger partial charge in [0.1, 0.15) is 11.6 Å². The van der Waals surface area contributed by atoms with Crippen molar-refractivity contribution in [3.8, 4) is 5.75 Å². The summed E-state index contributed by atoms with van der Waals surface area (Å²) >= 11 is 12.1. The van der Waals surface area contributed by atoms with Crippen molar-refractivity contribution < 1.29 is 9.50 Å². The fourth-order valence-corrected chi connectivity index (χ4v) is 2.84. The van der Waals surface area contributed by atoms with Gasteiger partial charge in [0.2, 0.25) is 0 Å². The smallest absolute Gasteiger partial charge is 0.142 e. The van der Waals surface area contributed by atoms with Crippen LogP contribution in [0, 0.1) is 5.82 Å². The third kappa shape index (κ3) is 4.10. The molecular formula is C16H16Cl2FNO. The Morgan fingerprint density at radius 1 is 1.14 bits per heavy atom. The van der Waals surface area contributed by atoms with Crippen molar-refractivity contribution in [2.24, 2.45) is 0 Å². The maximum absolute atomic E-state index is 13.5. The molecule has 0 heterocycles. The lowest BCUT2D eigenvalue weighted by Crippen LogP contribution is -2.22. The Balaban J connectivity index is 1.97. The fraction of sp³-hybridized carbons (Fsp3) is 0.250. The van der Waals surface area contributed by atoms with E-state index in [0.29, 0.717) is 17.1 Å². The second-order valence-electron chi connectivity index (χ2n) is 4.85. The number of hydrogen-bond donors (Lipinski definition) is 2. The maximum atomic E-state index is 13.5. The zero-order chi connectivity index (χ0) is 15.4. The molecule has 0 amide bonds. The van der Waals surface area contributed by atoms with Gasteiger partial charge in [-0.1, -0.05) is 35.3 Å². The van der Waals surface area contributed by atoms with Crippen LogP contribution in [0.1, 0.15) is 24.1 Å². The molecule has 0 spiro atoms. The highest BCUT2D eigenvalue weighted by molar-refractivity contribution is 6.36. The summed E-state index contributed by atoms with van der Waals surface area (Å²) in [7, 11) is 0. The van der Waals surface area contributed by atoms with E-state index in [1.54, 1.807) is 12.1 Å². The van der Waals surface area contributed by atoms with E-state index < -0.39 is 5.82 Å². The molecule has 1 unspecified atom stereocenters. The highest BCUT2D eigenvalue weighted by Gasteiger charge is 2.16. The van der Waals surface area contributed by atoms with E-state index in [0.717, 1.165) is 12.0 Å². The normalized spacial score (nSPS) is 12.4. The molecule has 2 aromatic carbocycles. The van der Waals surface area contributed by atoms with Gasteiger partial charge < -0.3 is 10.4 Å². The van der Waals surface area contributed by atoms with E-state index >= 15 is 0 Å². The van der Waals surface area contributed by atoms with Crippen molar-refractivity contribution in [2.75, 3.05) is 6.54 Å². The number of benzene rings is 2. The van der Waals surface area contributed by atoms with Crippen LogP contribution in [-0.2, 0) is 6.42 Å². The van der Waals surface area contributed by atoms with E-state index in [2.05, 4.69) is 5.32 Å². The Bertz CT molecular complexity index is 616. The molecule has 0 aliphatic rings. The number of phenolic OH excluding ortho intramolecular Hbond substituents is 1. The highest BCUT2D eigenvalue weighted by Crippen LogP contribution is 2.32. The SMILES string of the molecule is CC(NCCc1ccc(O)cc1)c1c(Cl)ccc(F)c1Cl. The van der Waals surface area contributed by atoms with Crippen LogP contribution in [0.4, 0.5) is 4.39 Å². The second-order valence-corrected chi connectivity index (χ2v) is 5.63. The molecule has 0 aliphatic heterocycles. The Morgan fingerprint density at radius 2 is 1.81 bits per heavy atom. The molecule has 0 aromatic heterocycles. The Hall–Kier alpha value is -1.29. The van der Waals surface area contributed by atoms with Gasteiger partial charge >= 0.3 is 0 Å². The van der Waals surface area contributed by atoms with Crippen LogP contribution in [0.3, 0.4) is 0 Å². The first-order valence-corrected chi connectivity index (χ1v) is 7.39. The predicted octanol–water partition coefficient (Wildman–Crippen LogP) is 4.73. The number of rotatable bonds is 5. The molecule has 21 heavy (non-hydrogen) atoms. The number of nitrogens with one attached hydrogen (secondary N) is 1. The van der Waals surface area contributed by atoms with E-state index in [9.17, 15) is 9.50 Å². The van der Waals surface area contributed by atoms with E-state index in [1.807, 2.05) is 19.1 Å². The quantitative estimate of drug-likeness (QED) is 0.778. The van der Waals surface area contributed by atoms with Crippen molar-refractivity contribution in [3.05, 3.63) is 63.4 Å². The molecule has 2 aromatic rings. The summed E-state index contributed by atoms with van der Waals surface area (Å²) in [5.74, 6) is -0.221. The van der Waals surface area contributed by atoms with Gasteiger partial charge in [0.05, 0.1) is 5.02 Å². The molecule has 112 valence electrons. The number of phenols is 1. The molecule has 0 radical (unpaired) electrons. The molecule has 2 N–H and O–H groups in total. The molecule has 2 rings (SSSR count). The first-order chi connectivity index (χ1) is 9.99. The topological polar surface area (TPSA) is 32.3 Å². The molecule has 5 heteroatoms. The minimum Gasteiger partial charge on any atom is -0.508 e. The molecule has 0 saturated carbocycles. The Kier molecular flexibility index (Phi) is 5.45. The van der Waals surface area contributed by atoms with Crippen molar-refractivity contribution in [1.29, 1.82) is 0 Å². The fourth-order valence-electron chi connectivity index (χ4n) is 2.14. The van der Waals surface area contributed by atoms with Crippen molar-refractivity contribution in [1.82, 2.24) is 5.32 Å². The summed E-state index contributed by atoms with van der Waals surface area (Å²) in [5, 5.41) is 13.0. The first-order valence-electron chi connectivity index (χ1n) is 6.63. The van der Waals surface area contributed by atoms with Crippen LogP contribution < -0.4 is 5.32 Å². The van der Waals surface area contributed by atoms with E-state index in [1.165, 1.54) is 12.1 Å². The van der Waals surface area contributed by atoms with Gasteiger partial charge in [-0.2, -0.15) is 0 Å². The zero-order valence-electron chi connectivity index (χ0n) is 11.5. The minimum atomic E-state index is -0.469. The van der Waals surface area contributed by atoms with E-state index in [4.69, 9.17) is 23.2 Å². The lowest BCUT2D eigenvalue weighted by Gasteiger charge is -2.17. The van der Waals surface area contributed by atoms with Crippen molar-refractivity contribution >= 4 is 23.2 Å². The third-order valence-corrected chi connectivity index (χ3v) is 4.03. The van der Waals surface area contributed by atoms with E-state index in [-0.39, 0.29) is 16.8 Å². The van der Waals surface area contributed by atoms with Crippen LogP contribution in [0.2, 0.25) is 10.0 Å². The van der Waals surface area contributed by atoms with Crippen LogP contribution in [-0.4, -0.2) is 11.7 Å². The van der Waals surface area contributed by atoms with Gasteiger partial charge in [-0.15, -0.1) is 0 Å². The zero-order valence-corrected chi connectivity index (χ0v) is 13.0. The maximum Gasteiger partial charge on any atom is 0.142 e. The average molecular weight is 328 g/mol. The molecule has 2 nitrogen and oxygen atoms in total.